The number of fused-ring (bicyclic) bond motifs is 1. The summed E-state index contributed by atoms with van der Waals surface area (Å²) in [5.41, 5.74) is 0.641. The van der Waals surface area contributed by atoms with Gasteiger partial charge in [0, 0.05) is 9.92 Å². The third kappa shape index (κ3) is 3.44. The summed E-state index contributed by atoms with van der Waals surface area (Å²) in [4.78, 5) is 24.4. The average molecular weight is 311 g/mol. The molecule has 1 aromatic carbocycles. The minimum absolute atomic E-state index is 0.0788. The van der Waals surface area contributed by atoms with E-state index in [1.54, 1.807) is 24.3 Å². The van der Waals surface area contributed by atoms with Crippen LogP contribution in [0.5, 0.6) is 0 Å². The van der Waals surface area contributed by atoms with Crippen LogP contribution in [0.25, 0.3) is 0 Å². The summed E-state index contributed by atoms with van der Waals surface area (Å²) < 4.78 is 4.84. The van der Waals surface area contributed by atoms with E-state index in [-0.39, 0.29) is 12.3 Å². The molecule has 1 amide bonds. The lowest BCUT2D eigenvalue weighted by Crippen LogP contribution is -2.32. The van der Waals surface area contributed by atoms with E-state index in [2.05, 4.69) is 5.32 Å². The number of rotatable bonds is 3. The van der Waals surface area contributed by atoms with Crippen LogP contribution >= 0.6 is 23.4 Å². The molecule has 1 aliphatic heterocycles. The number of esters is 1. The first-order valence-corrected chi connectivity index (χ1v) is 7.11. The molecular formula is C13H11ClN2O3S. The van der Waals surface area contributed by atoms with E-state index in [1.807, 2.05) is 0 Å². The van der Waals surface area contributed by atoms with Gasteiger partial charge in [-0.3, -0.25) is 9.59 Å². The lowest BCUT2D eigenvalue weighted by molar-refractivity contribution is -0.146. The molecule has 1 heterocycles. The molecule has 20 heavy (non-hydrogen) atoms. The molecule has 0 saturated heterocycles. The average Bonchev–Trinajstić information content (AvgIpc) is 2.39. The van der Waals surface area contributed by atoms with Gasteiger partial charge in [-0.1, -0.05) is 11.6 Å². The van der Waals surface area contributed by atoms with Gasteiger partial charge in [0.2, 0.25) is 5.91 Å². The van der Waals surface area contributed by atoms with E-state index in [0.29, 0.717) is 10.7 Å². The predicted molar refractivity (Wildman–Crippen MR) is 75.5 cm³/mol. The van der Waals surface area contributed by atoms with Crippen molar-refractivity contribution in [3.8, 4) is 6.07 Å². The van der Waals surface area contributed by atoms with Crippen molar-refractivity contribution in [2.24, 2.45) is 0 Å². The van der Waals surface area contributed by atoms with E-state index >= 15 is 0 Å². The minimum atomic E-state index is -0.815. The van der Waals surface area contributed by atoms with Crippen LogP contribution in [-0.4, -0.2) is 23.2 Å². The van der Waals surface area contributed by atoms with Crippen molar-refractivity contribution in [3.05, 3.63) is 23.2 Å². The fraction of sp³-hybridized carbons (Fsp3) is 0.308. The SMILES string of the molecule is C[C@@H](C#N)OC(=O)C[C@H]1Sc2ccc(Cl)cc2NC1=O. The third-order valence-corrected chi connectivity index (χ3v) is 4.11. The molecule has 1 aromatic rings. The first-order valence-electron chi connectivity index (χ1n) is 5.86. The van der Waals surface area contributed by atoms with Gasteiger partial charge in [0.15, 0.2) is 6.10 Å². The van der Waals surface area contributed by atoms with Crippen molar-refractivity contribution in [2.45, 2.75) is 29.6 Å². The molecule has 0 unspecified atom stereocenters. The second-order valence-corrected chi connectivity index (χ2v) is 5.88. The zero-order valence-corrected chi connectivity index (χ0v) is 12.1. The summed E-state index contributed by atoms with van der Waals surface area (Å²) >= 11 is 7.14. The first-order chi connectivity index (χ1) is 9.49. The number of nitriles is 1. The number of ether oxygens (including phenoxy) is 1. The van der Waals surface area contributed by atoms with Crippen LogP contribution in [0, 0.1) is 11.3 Å². The van der Waals surface area contributed by atoms with Crippen molar-refractivity contribution in [3.63, 3.8) is 0 Å². The number of carbonyl (C=O) groups excluding carboxylic acids is 2. The van der Waals surface area contributed by atoms with Crippen LogP contribution in [0.15, 0.2) is 23.1 Å². The Labute approximate surface area is 125 Å². The highest BCUT2D eigenvalue weighted by Gasteiger charge is 2.30. The first kappa shape index (κ1) is 14.7. The van der Waals surface area contributed by atoms with Crippen LogP contribution in [0.3, 0.4) is 0 Å². The van der Waals surface area contributed by atoms with Gasteiger partial charge in [0.1, 0.15) is 6.07 Å². The maximum Gasteiger partial charge on any atom is 0.308 e. The number of nitrogens with zero attached hydrogens (tertiary/aromatic N) is 1. The minimum Gasteiger partial charge on any atom is -0.447 e. The van der Waals surface area contributed by atoms with E-state index in [4.69, 9.17) is 21.6 Å². The zero-order chi connectivity index (χ0) is 14.7. The van der Waals surface area contributed by atoms with Crippen LogP contribution in [0.2, 0.25) is 5.02 Å². The van der Waals surface area contributed by atoms with E-state index < -0.39 is 17.3 Å². The highest BCUT2D eigenvalue weighted by atomic mass is 35.5. The molecule has 0 bridgehead atoms. The Hall–Kier alpha value is -1.71. The molecule has 1 N–H and O–H groups in total. The topological polar surface area (TPSA) is 79.2 Å². The van der Waals surface area contributed by atoms with Gasteiger partial charge in [0.25, 0.3) is 0 Å². The van der Waals surface area contributed by atoms with Gasteiger partial charge >= 0.3 is 5.97 Å². The smallest absolute Gasteiger partial charge is 0.308 e. The molecular weight excluding hydrogens is 300 g/mol. The number of amides is 1. The normalized spacial score (nSPS) is 18.4. The second-order valence-electron chi connectivity index (χ2n) is 4.20. The fourth-order valence-corrected chi connectivity index (χ4v) is 2.93. The van der Waals surface area contributed by atoms with Gasteiger partial charge in [-0.2, -0.15) is 5.26 Å². The molecule has 0 radical (unpaired) electrons. The standard InChI is InChI=1S/C13H11ClN2O3S/c1-7(6-15)19-12(17)5-11-13(18)16-9-4-8(14)2-3-10(9)20-11/h2-4,7,11H,5H2,1H3,(H,16,18)/t7-,11+/m0/s1. The lowest BCUT2D eigenvalue weighted by Gasteiger charge is -2.23. The van der Waals surface area contributed by atoms with Crippen LogP contribution in [0.4, 0.5) is 5.69 Å². The van der Waals surface area contributed by atoms with Crippen molar-refractivity contribution >= 4 is 40.9 Å². The van der Waals surface area contributed by atoms with E-state index in [0.717, 1.165) is 4.90 Å². The Kier molecular flexibility index (Phi) is 4.53. The summed E-state index contributed by atoms with van der Waals surface area (Å²) in [5.74, 6) is -0.838. The third-order valence-electron chi connectivity index (χ3n) is 2.60. The van der Waals surface area contributed by atoms with Gasteiger partial charge in [-0.15, -0.1) is 11.8 Å². The van der Waals surface area contributed by atoms with E-state index in [9.17, 15) is 9.59 Å². The number of thioether (sulfide) groups is 1. The quantitative estimate of drug-likeness (QED) is 0.868. The number of nitrogens with one attached hydrogen (secondary N) is 1. The Bertz CT molecular complexity index is 600. The summed E-state index contributed by atoms with van der Waals surface area (Å²) in [6.45, 7) is 1.48. The molecule has 0 aliphatic carbocycles. The maximum atomic E-state index is 11.9. The molecule has 1 aliphatic rings. The van der Waals surface area contributed by atoms with Crippen molar-refractivity contribution in [1.82, 2.24) is 0 Å². The molecule has 0 spiro atoms. The number of hydrogen-bond acceptors (Lipinski definition) is 5. The van der Waals surface area contributed by atoms with Crippen LogP contribution in [0.1, 0.15) is 13.3 Å². The lowest BCUT2D eigenvalue weighted by atomic mass is 10.2. The highest BCUT2D eigenvalue weighted by Crippen LogP contribution is 2.38. The molecule has 2 atom stereocenters. The summed E-state index contributed by atoms with van der Waals surface area (Å²) in [5, 5.41) is 11.2. The number of carbonyl (C=O) groups is 2. The Morgan fingerprint density at radius 3 is 3.10 bits per heavy atom. The van der Waals surface area contributed by atoms with E-state index in [1.165, 1.54) is 18.7 Å². The molecule has 5 nitrogen and oxygen atoms in total. The predicted octanol–water partition coefficient (Wildman–Crippen LogP) is 2.60. The number of benzene rings is 1. The monoisotopic (exact) mass is 310 g/mol. The van der Waals surface area contributed by atoms with Crippen molar-refractivity contribution in [2.75, 3.05) is 5.32 Å². The Morgan fingerprint density at radius 1 is 1.65 bits per heavy atom. The Balaban J connectivity index is 2.05. The van der Waals surface area contributed by atoms with Gasteiger partial charge < -0.3 is 10.1 Å². The molecule has 0 aromatic heterocycles. The fourth-order valence-electron chi connectivity index (χ4n) is 1.68. The second kappa shape index (κ2) is 6.16. The summed E-state index contributed by atoms with van der Waals surface area (Å²) in [6.07, 6.45) is -0.893. The van der Waals surface area contributed by atoms with Crippen molar-refractivity contribution < 1.29 is 14.3 Å². The molecule has 2 rings (SSSR count). The van der Waals surface area contributed by atoms with Crippen LogP contribution < -0.4 is 5.32 Å². The summed E-state index contributed by atoms with van der Waals surface area (Å²) in [6, 6.07) is 6.97. The largest absolute Gasteiger partial charge is 0.447 e. The van der Waals surface area contributed by atoms with Gasteiger partial charge in [-0.25, -0.2) is 0 Å². The number of hydrogen-bond donors (Lipinski definition) is 1. The van der Waals surface area contributed by atoms with Gasteiger partial charge in [-0.05, 0) is 25.1 Å². The highest BCUT2D eigenvalue weighted by molar-refractivity contribution is 8.01. The zero-order valence-electron chi connectivity index (χ0n) is 10.6. The number of anilines is 1. The van der Waals surface area contributed by atoms with Gasteiger partial charge in [0.05, 0.1) is 17.4 Å². The molecule has 7 heteroatoms. The molecule has 104 valence electrons. The Morgan fingerprint density at radius 2 is 2.40 bits per heavy atom. The molecule has 0 fully saturated rings. The summed E-state index contributed by atoms with van der Waals surface area (Å²) in [7, 11) is 0. The number of halogens is 1. The van der Waals surface area contributed by atoms with Crippen LogP contribution in [-0.2, 0) is 14.3 Å². The molecule has 0 saturated carbocycles. The van der Waals surface area contributed by atoms with Crippen molar-refractivity contribution in [1.29, 1.82) is 5.26 Å². The maximum absolute atomic E-state index is 11.9.